The average molecular weight is 490 g/mol. The van der Waals surface area contributed by atoms with E-state index in [4.69, 9.17) is 9.47 Å². The number of hydrogen-bond acceptors (Lipinski definition) is 6. The van der Waals surface area contributed by atoms with Gasteiger partial charge in [-0.2, -0.15) is 0 Å². The summed E-state index contributed by atoms with van der Waals surface area (Å²) in [6.45, 7) is 2.01. The minimum Gasteiger partial charge on any atom is -0.462 e. The zero-order valence-electron chi connectivity index (χ0n) is 17.2. The molecule has 0 aliphatic carbocycles. The predicted octanol–water partition coefficient (Wildman–Crippen LogP) is 4.55. The summed E-state index contributed by atoms with van der Waals surface area (Å²) in [7, 11) is 0. The van der Waals surface area contributed by atoms with Crippen molar-refractivity contribution >= 4 is 45.2 Å². The maximum atomic E-state index is 12.0. The first kappa shape index (κ1) is 24.3. The van der Waals surface area contributed by atoms with Crippen molar-refractivity contribution in [1.82, 2.24) is 0 Å². The van der Waals surface area contributed by atoms with Crippen molar-refractivity contribution in [2.45, 2.75) is 32.6 Å². The lowest BCUT2D eigenvalue weighted by molar-refractivity contribution is -0.143. The van der Waals surface area contributed by atoms with Crippen LogP contribution in [-0.4, -0.2) is 36.8 Å². The number of benzene rings is 2. The van der Waals surface area contributed by atoms with E-state index in [1.54, 1.807) is 48.5 Å². The molecule has 0 bridgehead atoms. The highest BCUT2D eigenvalue weighted by atomic mass is 79.9. The molecule has 0 aromatic heterocycles. The fourth-order valence-corrected chi connectivity index (χ4v) is 2.72. The number of carbonyl (C=O) groups is 4. The summed E-state index contributed by atoms with van der Waals surface area (Å²) in [5.74, 6) is -1.74. The summed E-state index contributed by atoms with van der Waals surface area (Å²) in [5, 5.41) is 2.64. The Kier molecular flexibility index (Phi) is 9.90. The van der Waals surface area contributed by atoms with Crippen LogP contribution in [0, 0.1) is 0 Å². The molecule has 0 heterocycles. The van der Waals surface area contributed by atoms with Gasteiger partial charge in [-0.05, 0) is 42.8 Å². The topological polar surface area (TPSA) is 98.8 Å². The molecule has 164 valence electrons. The number of amides is 1. The van der Waals surface area contributed by atoms with Gasteiger partial charge in [-0.25, -0.2) is 4.79 Å². The molecule has 0 atom stereocenters. The molecule has 1 amide bonds. The molecule has 0 saturated heterocycles. The van der Waals surface area contributed by atoms with E-state index in [0.29, 0.717) is 23.4 Å². The van der Waals surface area contributed by atoms with Crippen molar-refractivity contribution in [2.24, 2.45) is 0 Å². The molecule has 0 aliphatic heterocycles. The van der Waals surface area contributed by atoms with Gasteiger partial charge in [0, 0.05) is 22.1 Å². The number of Topliss-reactive ketones (excluding diaryl/α,β-unsaturated/α-hetero) is 1. The molecule has 8 heteroatoms. The Morgan fingerprint density at radius 1 is 0.871 bits per heavy atom. The molecule has 0 unspecified atom stereocenters. The summed E-state index contributed by atoms with van der Waals surface area (Å²) in [6, 6.07) is 13.0. The lowest BCUT2D eigenvalue weighted by Gasteiger charge is -2.07. The van der Waals surface area contributed by atoms with E-state index >= 15 is 0 Å². The van der Waals surface area contributed by atoms with E-state index in [2.05, 4.69) is 21.2 Å². The van der Waals surface area contributed by atoms with Crippen molar-refractivity contribution in [2.75, 3.05) is 18.5 Å². The van der Waals surface area contributed by atoms with E-state index in [9.17, 15) is 19.2 Å². The molecule has 0 spiro atoms. The standard InChI is InChI=1S/C23H24BrNO6/c1-2-3-14-30-23(29)17-6-10-19(11-7-17)25-21(27)12-13-22(28)31-15-20(26)16-4-8-18(24)9-5-16/h4-11H,2-3,12-15H2,1H3,(H,25,27). The van der Waals surface area contributed by atoms with Gasteiger partial charge in [-0.3, -0.25) is 14.4 Å². The van der Waals surface area contributed by atoms with Crippen molar-refractivity contribution in [3.8, 4) is 0 Å². The van der Waals surface area contributed by atoms with Gasteiger partial charge in [0.25, 0.3) is 0 Å². The molecule has 1 N–H and O–H groups in total. The third-order valence-corrected chi connectivity index (χ3v) is 4.75. The summed E-state index contributed by atoms with van der Waals surface area (Å²) >= 11 is 3.28. The second-order valence-corrected chi connectivity index (χ2v) is 7.62. The number of halogens is 1. The maximum absolute atomic E-state index is 12.0. The Morgan fingerprint density at radius 2 is 1.52 bits per heavy atom. The minimum absolute atomic E-state index is 0.0912. The van der Waals surface area contributed by atoms with Gasteiger partial charge in [-0.1, -0.05) is 41.4 Å². The fourth-order valence-electron chi connectivity index (χ4n) is 2.46. The molecule has 0 aliphatic rings. The number of ketones is 1. The Balaban J connectivity index is 1.71. The van der Waals surface area contributed by atoms with E-state index in [-0.39, 0.29) is 31.1 Å². The van der Waals surface area contributed by atoms with Crippen LogP contribution in [0.1, 0.15) is 53.3 Å². The highest BCUT2D eigenvalue weighted by Crippen LogP contribution is 2.13. The van der Waals surface area contributed by atoms with Gasteiger partial charge >= 0.3 is 11.9 Å². The van der Waals surface area contributed by atoms with Crippen LogP contribution in [0.5, 0.6) is 0 Å². The van der Waals surface area contributed by atoms with Crippen molar-refractivity contribution in [3.63, 3.8) is 0 Å². The predicted molar refractivity (Wildman–Crippen MR) is 119 cm³/mol. The molecule has 0 saturated carbocycles. The molecular formula is C23H24BrNO6. The lowest BCUT2D eigenvalue weighted by atomic mass is 10.1. The Morgan fingerprint density at radius 3 is 2.16 bits per heavy atom. The fraction of sp³-hybridized carbons (Fsp3) is 0.304. The number of anilines is 1. The van der Waals surface area contributed by atoms with Crippen LogP contribution in [0.25, 0.3) is 0 Å². The molecule has 2 aromatic carbocycles. The molecule has 0 radical (unpaired) electrons. The van der Waals surface area contributed by atoms with E-state index in [1.165, 1.54) is 0 Å². The maximum Gasteiger partial charge on any atom is 0.338 e. The number of rotatable bonds is 11. The van der Waals surface area contributed by atoms with Crippen LogP contribution in [0.4, 0.5) is 5.69 Å². The van der Waals surface area contributed by atoms with Crippen LogP contribution < -0.4 is 5.32 Å². The molecule has 2 aromatic rings. The summed E-state index contributed by atoms with van der Waals surface area (Å²) in [6.07, 6.45) is 1.50. The van der Waals surface area contributed by atoms with Gasteiger partial charge in [-0.15, -0.1) is 0 Å². The molecule has 31 heavy (non-hydrogen) atoms. The first-order valence-electron chi connectivity index (χ1n) is 9.90. The number of esters is 2. The highest BCUT2D eigenvalue weighted by Gasteiger charge is 2.13. The third-order valence-electron chi connectivity index (χ3n) is 4.22. The average Bonchev–Trinajstić information content (AvgIpc) is 2.77. The largest absolute Gasteiger partial charge is 0.462 e. The Bertz CT molecular complexity index is 909. The molecular weight excluding hydrogens is 466 g/mol. The SMILES string of the molecule is CCCCOC(=O)c1ccc(NC(=O)CCC(=O)OCC(=O)c2ccc(Br)cc2)cc1. The van der Waals surface area contributed by atoms with E-state index < -0.39 is 11.9 Å². The highest BCUT2D eigenvalue weighted by molar-refractivity contribution is 9.10. The number of hydrogen-bond donors (Lipinski definition) is 1. The summed E-state index contributed by atoms with van der Waals surface area (Å²) in [4.78, 5) is 47.7. The van der Waals surface area contributed by atoms with Crippen LogP contribution in [0.15, 0.2) is 53.0 Å². The van der Waals surface area contributed by atoms with Crippen LogP contribution in [0.3, 0.4) is 0 Å². The summed E-state index contributed by atoms with van der Waals surface area (Å²) in [5.41, 5.74) is 1.33. The van der Waals surface area contributed by atoms with E-state index in [0.717, 1.165) is 17.3 Å². The second-order valence-electron chi connectivity index (χ2n) is 6.71. The minimum atomic E-state index is -0.634. The van der Waals surface area contributed by atoms with Crippen molar-refractivity contribution < 1.29 is 28.7 Å². The lowest BCUT2D eigenvalue weighted by Crippen LogP contribution is -2.17. The molecule has 0 fully saturated rings. The zero-order chi connectivity index (χ0) is 22.6. The first-order chi connectivity index (χ1) is 14.9. The first-order valence-corrected chi connectivity index (χ1v) is 10.7. The zero-order valence-corrected chi connectivity index (χ0v) is 18.8. The van der Waals surface area contributed by atoms with Crippen LogP contribution >= 0.6 is 15.9 Å². The van der Waals surface area contributed by atoms with E-state index in [1.807, 2.05) is 6.92 Å². The van der Waals surface area contributed by atoms with Gasteiger partial charge < -0.3 is 14.8 Å². The van der Waals surface area contributed by atoms with Gasteiger partial charge in [0.2, 0.25) is 5.91 Å². The quantitative estimate of drug-likeness (QED) is 0.282. The number of nitrogens with one attached hydrogen (secondary N) is 1. The van der Waals surface area contributed by atoms with Crippen LogP contribution in [0.2, 0.25) is 0 Å². The normalized spacial score (nSPS) is 10.3. The number of ether oxygens (including phenoxy) is 2. The smallest absolute Gasteiger partial charge is 0.338 e. The Hall–Kier alpha value is -3.00. The Labute approximate surface area is 189 Å². The third kappa shape index (κ3) is 8.72. The van der Waals surface area contributed by atoms with Crippen molar-refractivity contribution in [1.29, 1.82) is 0 Å². The molecule has 7 nitrogen and oxygen atoms in total. The van der Waals surface area contributed by atoms with Gasteiger partial charge in [0.05, 0.1) is 18.6 Å². The van der Waals surface area contributed by atoms with Crippen molar-refractivity contribution in [3.05, 3.63) is 64.1 Å². The number of carbonyl (C=O) groups excluding carboxylic acids is 4. The van der Waals surface area contributed by atoms with Crippen LogP contribution in [-0.2, 0) is 19.1 Å². The second kappa shape index (κ2) is 12.6. The molecule has 2 rings (SSSR count). The van der Waals surface area contributed by atoms with Gasteiger partial charge in [0.1, 0.15) is 0 Å². The number of unbranched alkanes of at least 4 members (excludes halogenated alkanes) is 1. The van der Waals surface area contributed by atoms with Gasteiger partial charge in [0.15, 0.2) is 12.4 Å². The summed E-state index contributed by atoms with van der Waals surface area (Å²) < 4.78 is 10.9. The monoisotopic (exact) mass is 489 g/mol.